The molecule has 0 spiro atoms. The first-order valence-electron chi connectivity index (χ1n) is 11.2. The lowest BCUT2D eigenvalue weighted by atomic mass is 10.1. The molecule has 2 unspecified atom stereocenters. The van der Waals surface area contributed by atoms with E-state index in [0.717, 1.165) is 64.0 Å². The van der Waals surface area contributed by atoms with Gasteiger partial charge in [-0.05, 0) is 26.0 Å². The normalized spacial score (nSPS) is 22.0. The molecule has 4 rings (SSSR count). The Kier molecular flexibility index (Phi) is 7.60. The zero-order valence-electron chi connectivity index (χ0n) is 18.8. The van der Waals surface area contributed by atoms with Crippen LogP contribution in [0.1, 0.15) is 34.4 Å². The standard InChI is InChI=1S/C22H34N6O2S/c1-4-23-22(28-9-12-30-20(16-28)18-13-25-26(3)15-18)24-14-19(21-6-5-17(2)31-21)27-7-10-29-11-8-27/h5-6,13,15,19-20H,4,7-12,14,16H2,1-3H3,(H,23,24). The van der Waals surface area contributed by atoms with Crippen molar-refractivity contribution in [3.05, 3.63) is 39.8 Å². The van der Waals surface area contributed by atoms with Gasteiger partial charge in [0.2, 0.25) is 0 Å². The topological polar surface area (TPSA) is 67.2 Å². The molecule has 2 aliphatic rings. The maximum Gasteiger partial charge on any atom is 0.194 e. The number of hydrogen-bond donors (Lipinski definition) is 1. The lowest BCUT2D eigenvalue weighted by molar-refractivity contribution is -0.00822. The lowest BCUT2D eigenvalue weighted by Gasteiger charge is -2.36. The molecule has 2 aliphatic heterocycles. The molecule has 2 fully saturated rings. The third-order valence-corrected chi connectivity index (χ3v) is 6.89. The van der Waals surface area contributed by atoms with Crippen molar-refractivity contribution in [2.45, 2.75) is 26.0 Å². The van der Waals surface area contributed by atoms with Gasteiger partial charge in [0.25, 0.3) is 0 Å². The van der Waals surface area contributed by atoms with Gasteiger partial charge in [-0.15, -0.1) is 11.3 Å². The Labute approximate surface area is 188 Å². The maximum atomic E-state index is 6.03. The van der Waals surface area contributed by atoms with E-state index < -0.39 is 0 Å². The molecule has 2 aromatic rings. The first kappa shape index (κ1) is 22.3. The van der Waals surface area contributed by atoms with Crippen LogP contribution in [0.25, 0.3) is 0 Å². The van der Waals surface area contributed by atoms with Crippen LogP contribution in [0.15, 0.2) is 29.5 Å². The van der Waals surface area contributed by atoms with Gasteiger partial charge < -0.3 is 19.7 Å². The van der Waals surface area contributed by atoms with Crippen molar-refractivity contribution in [1.29, 1.82) is 0 Å². The summed E-state index contributed by atoms with van der Waals surface area (Å²) in [7, 11) is 1.94. The third kappa shape index (κ3) is 5.65. The predicted octanol–water partition coefficient (Wildman–Crippen LogP) is 2.20. The molecule has 2 aromatic heterocycles. The quantitative estimate of drug-likeness (QED) is 0.542. The van der Waals surface area contributed by atoms with E-state index in [1.54, 1.807) is 0 Å². The van der Waals surface area contributed by atoms with Crippen molar-refractivity contribution in [2.75, 3.05) is 59.1 Å². The van der Waals surface area contributed by atoms with Gasteiger partial charge in [-0.25, -0.2) is 0 Å². The Morgan fingerprint density at radius 3 is 2.81 bits per heavy atom. The summed E-state index contributed by atoms with van der Waals surface area (Å²) in [6.07, 6.45) is 3.94. The van der Waals surface area contributed by atoms with Crippen LogP contribution in [0, 0.1) is 6.92 Å². The van der Waals surface area contributed by atoms with Crippen LogP contribution in [0.3, 0.4) is 0 Å². The summed E-state index contributed by atoms with van der Waals surface area (Å²) in [5.41, 5.74) is 1.11. The first-order valence-corrected chi connectivity index (χ1v) is 12.0. The fourth-order valence-corrected chi connectivity index (χ4v) is 5.16. The number of ether oxygens (including phenoxy) is 2. The molecule has 2 atom stereocenters. The van der Waals surface area contributed by atoms with Crippen LogP contribution < -0.4 is 5.32 Å². The smallest absolute Gasteiger partial charge is 0.194 e. The summed E-state index contributed by atoms with van der Waals surface area (Å²) in [5.74, 6) is 0.964. The van der Waals surface area contributed by atoms with Crippen molar-refractivity contribution in [2.24, 2.45) is 12.0 Å². The number of aromatic nitrogens is 2. The molecule has 9 heteroatoms. The van der Waals surface area contributed by atoms with Gasteiger partial charge in [0.05, 0.1) is 45.1 Å². The molecule has 0 aromatic carbocycles. The number of aliphatic imine (C=N–C) groups is 1. The number of aryl methyl sites for hydroxylation is 2. The summed E-state index contributed by atoms with van der Waals surface area (Å²) in [6.45, 7) is 11.7. The van der Waals surface area contributed by atoms with E-state index in [1.165, 1.54) is 9.75 Å². The van der Waals surface area contributed by atoms with Gasteiger partial charge in [-0.3, -0.25) is 14.6 Å². The van der Waals surface area contributed by atoms with E-state index in [2.05, 4.69) is 46.2 Å². The highest BCUT2D eigenvalue weighted by molar-refractivity contribution is 7.12. The van der Waals surface area contributed by atoms with Gasteiger partial charge in [0.15, 0.2) is 5.96 Å². The third-order valence-electron chi connectivity index (χ3n) is 5.79. The average Bonchev–Trinajstić information content (AvgIpc) is 3.42. The van der Waals surface area contributed by atoms with E-state index in [0.29, 0.717) is 6.61 Å². The van der Waals surface area contributed by atoms with Crippen molar-refractivity contribution >= 4 is 17.3 Å². The van der Waals surface area contributed by atoms with Crippen molar-refractivity contribution in [1.82, 2.24) is 24.9 Å². The Morgan fingerprint density at radius 2 is 2.13 bits per heavy atom. The Balaban J connectivity index is 1.50. The Hall–Kier alpha value is -1.94. The number of rotatable bonds is 6. The highest BCUT2D eigenvalue weighted by Gasteiger charge is 2.27. The van der Waals surface area contributed by atoms with Crippen LogP contribution in [0.5, 0.6) is 0 Å². The zero-order chi connectivity index (χ0) is 21.6. The molecule has 0 saturated carbocycles. The molecule has 0 bridgehead atoms. The maximum absolute atomic E-state index is 6.03. The van der Waals surface area contributed by atoms with Crippen LogP contribution in [-0.4, -0.2) is 84.6 Å². The molecule has 170 valence electrons. The molecular weight excluding hydrogens is 412 g/mol. The minimum atomic E-state index is 0.0151. The molecule has 1 N–H and O–H groups in total. The van der Waals surface area contributed by atoms with E-state index in [4.69, 9.17) is 14.5 Å². The molecule has 0 aliphatic carbocycles. The van der Waals surface area contributed by atoms with E-state index in [9.17, 15) is 0 Å². The molecule has 31 heavy (non-hydrogen) atoms. The average molecular weight is 447 g/mol. The monoisotopic (exact) mass is 446 g/mol. The molecule has 0 amide bonds. The second-order valence-corrected chi connectivity index (χ2v) is 9.38. The summed E-state index contributed by atoms with van der Waals surface area (Å²) in [4.78, 5) is 12.7. The Bertz CT molecular complexity index is 860. The minimum absolute atomic E-state index is 0.0151. The van der Waals surface area contributed by atoms with E-state index in [-0.39, 0.29) is 12.1 Å². The zero-order valence-corrected chi connectivity index (χ0v) is 19.6. The number of nitrogens with zero attached hydrogens (tertiary/aromatic N) is 5. The largest absolute Gasteiger partial charge is 0.379 e. The fraction of sp³-hybridized carbons (Fsp3) is 0.636. The first-order chi connectivity index (χ1) is 15.1. The summed E-state index contributed by atoms with van der Waals surface area (Å²) in [5, 5.41) is 7.81. The van der Waals surface area contributed by atoms with Crippen LogP contribution in [0.4, 0.5) is 0 Å². The van der Waals surface area contributed by atoms with Crippen LogP contribution >= 0.6 is 11.3 Å². The van der Waals surface area contributed by atoms with Gasteiger partial charge in [0, 0.05) is 54.7 Å². The molecular formula is C22H34N6O2S. The lowest BCUT2D eigenvalue weighted by Crippen LogP contribution is -2.48. The van der Waals surface area contributed by atoms with Gasteiger partial charge in [0.1, 0.15) is 6.10 Å². The van der Waals surface area contributed by atoms with Gasteiger partial charge in [-0.2, -0.15) is 5.10 Å². The second kappa shape index (κ2) is 10.6. The molecule has 8 nitrogen and oxygen atoms in total. The number of thiophene rings is 1. The number of nitrogens with one attached hydrogen (secondary N) is 1. The minimum Gasteiger partial charge on any atom is -0.379 e. The summed E-state index contributed by atoms with van der Waals surface area (Å²) >= 11 is 1.88. The Morgan fingerprint density at radius 1 is 1.29 bits per heavy atom. The van der Waals surface area contributed by atoms with Gasteiger partial charge >= 0.3 is 0 Å². The van der Waals surface area contributed by atoms with E-state index >= 15 is 0 Å². The van der Waals surface area contributed by atoms with Crippen molar-refractivity contribution in [3.63, 3.8) is 0 Å². The predicted molar refractivity (Wildman–Crippen MR) is 124 cm³/mol. The van der Waals surface area contributed by atoms with E-state index in [1.807, 2.05) is 35.5 Å². The summed E-state index contributed by atoms with van der Waals surface area (Å²) < 4.78 is 13.4. The van der Waals surface area contributed by atoms with Crippen LogP contribution in [-0.2, 0) is 16.5 Å². The number of guanidine groups is 1. The number of hydrogen-bond acceptors (Lipinski definition) is 6. The van der Waals surface area contributed by atoms with Crippen molar-refractivity contribution < 1.29 is 9.47 Å². The molecule has 2 saturated heterocycles. The van der Waals surface area contributed by atoms with Crippen molar-refractivity contribution in [3.8, 4) is 0 Å². The van der Waals surface area contributed by atoms with Gasteiger partial charge in [-0.1, -0.05) is 0 Å². The fourth-order valence-electron chi connectivity index (χ4n) is 4.16. The SMILES string of the molecule is CCNC(=NCC(c1ccc(C)s1)N1CCOCC1)N1CCOC(c2cnn(C)c2)C1. The highest BCUT2D eigenvalue weighted by Crippen LogP contribution is 2.29. The summed E-state index contributed by atoms with van der Waals surface area (Å²) in [6, 6.07) is 4.75. The second-order valence-electron chi connectivity index (χ2n) is 8.06. The highest BCUT2D eigenvalue weighted by atomic mass is 32.1. The number of morpholine rings is 2. The molecule has 0 radical (unpaired) electrons. The molecule has 4 heterocycles. The van der Waals surface area contributed by atoms with Crippen LogP contribution in [0.2, 0.25) is 0 Å².